The highest BCUT2D eigenvalue weighted by molar-refractivity contribution is 5.66. The fourth-order valence-electron chi connectivity index (χ4n) is 2.35. The standard InChI is InChI=1S/C13H18N2/c1-13(2)7-11(6-12(14)8-13)10-4-3-5-15-9-10/h3-6,9,12H,7-8,14H2,1-2H3. The zero-order chi connectivity index (χ0) is 10.9. The molecule has 0 saturated heterocycles. The maximum Gasteiger partial charge on any atom is 0.0342 e. The van der Waals surface area contributed by atoms with E-state index in [0.29, 0.717) is 5.41 Å². The number of aromatic nitrogens is 1. The fraction of sp³-hybridized carbons (Fsp3) is 0.462. The Morgan fingerprint density at radius 1 is 1.47 bits per heavy atom. The minimum absolute atomic E-state index is 0.184. The molecule has 0 amide bonds. The molecule has 0 aromatic carbocycles. The summed E-state index contributed by atoms with van der Waals surface area (Å²) in [6, 6.07) is 4.26. The van der Waals surface area contributed by atoms with Crippen molar-refractivity contribution in [2.24, 2.45) is 11.1 Å². The lowest BCUT2D eigenvalue weighted by atomic mass is 9.74. The third kappa shape index (κ3) is 2.45. The minimum Gasteiger partial charge on any atom is -0.324 e. The predicted octanol–water partition coefficient (Wildman–Crippen LogP) is 2.61. The van der Waals surface area contributed by atoms with Gasteiger partial charge in [-0.15, -0.1) is 0 Å². The van der Waals surface area contributed by atoms with E-state index in [1.54, 1.807) is 6.20 Å². The van der Waals surface area contributed by atoms with E-state index >= 15 is 0 Å². The summed E-state index contributed by atoms with van der Waals surface area (Å²) in [5, 5.41) is 0. The van der Waals surface area contributed by atoms with Crippen LogP contribution in [0.1, 0.15) is 32.3 Å². The van der Waals surface area contributed by atoms with E-state index < -0.39 is 0 Å². The predicted molar refractivity (Wildman–Crippen MR) is 63.2 cm³/mol. The molecular weight excluding hydrogens is 184 g/mol. The first-order chi connectivity index (χ1) is 7.07. The Hall–Kier alpha value is -1.15. The van der Waals surface area contributed by atoms with Crippen LogP contribution in [0, 0.1) is 5.41 Å². The van der Waals surface area contributed by atoms with Gasteiger partial charge in [0.05, 0.1) is 0 Å². The Morgan fingerprint density at radius 2 is 2.27 bits per heavy atom. The molecule has 1 heterocycles. The van der Waals surface area contributed by atoms with Gasteiger partial charge in [-0.1, -0.05) is 26.0 Å². The second-order valence-corrected chi connectivity index (χ2v) is 5.14. The highest BCUT2D eigenvalue weighted by atomic mass is 14.6. The first-order valence-electron chi connectivity index (χ1n) is 5.43. The van der Waals surface area contributed by atoms with E-state index in [4.69, 9.17) is 5.73 Å². The number of pyridine rings is 1. The van der Waals surface area contributed by atoms with Gasteiger partial charge in [0, 0.05) is 18.4 Å². The smallest absolute Gasteiger partial charge is 0.0342 e. The van der Waals surface area contributed by atoms with Crippen molar-refractivity contribution < 1.29 is 0 Å². The molecule has 1 atom stereocenters. The van der Waals surface area contributed by atoms with Crippen molar-refractivity contribution in [3.05, 3.63) is 36.2 Å². The molecule has 2 rings (SSSR count). The molecule has 0 saturated carbocycles. The third-order valence-electron chi connectivity index (χ3n) is 2.90. The average molecular weight is 202 g/mol. The Bertz CT molecular complexity index is 365. The van der Waals surface area contributed by atoms with E-state index in [1.165, 1.54) is 11.1 Å². The first-order valence-corrected chi connectivity index (χ1v) is 5.43. The molecule has 1 unspecified atom stereocenters. The molecule has 1 aromatic heterocycles. The zero-order valence-corrected chi connectivity index (χ0v) is 9.40. The number of nitrogens with zero attached hydrogens (tertiary/aromatic N) is 1. The van der Waals surface area contributed by atoms with Crippen LogP contribution in [0.4, 0.5) is 0 Å². The van der Waals surface area contributed by atoms with Crippen LogP contribution in [0.25, 0.3) is 5.57 Å². The van der Waals surface area contributed by atoms with E-state index in [1.807, 2.05) is 12.3 Å². The van der Waals surface area contributed by atoms with Gasteiger partial charge in [-0.2, -0.15) is 0 Å². The molecule has 2 N–H and O–H groups in total. The quantitative estimate of drug-likeness (QED) is 0.760. The fourth-order valence-corrected chi connectivity index (χ4v) is 2.35. The number of hydrogen-bond acceptors (Lipinski definition) is 2. The van der Waals surface area contributed by atoms with Crippen molar-refractivity contribution >= 4 is 5.57 Å². The van der Waals surface area contributed by atoms with Gasteiger partial charge in [0.25, 0.3) is 0 Å². The SMILES string of the molecule is CC1(C)CC(c2cccnc2)=CC(N)C1. The normalized spacial score (nSPS) is 24.7. The summed E-state index contributed by atoms with van der Waals surface area (Å²) in [7, 11) is 0. The molecular formula is C13H18N2. The van der Waals surface area contributed by atoms with Gasteiger partial charge in [0.2, 0.25) is 0 Å². The Kier molecular flexibility index (Phi) is 2.61. The molecule has 1 aliphatic rings. The highest BCUT2D eigenvalue weighted by Gasteiger charge is 2.27. The van der Waals surface area contributed by atoms with Gasteiger partial charge in [0.15, 0.2) is 0 Å². The van der Waals surface area contributed by atoms with Crippen LogP contribution < -0.4 is 5.73 Å². The van der Waals surface area contributed by atoms with E-state index in [-0.39, 0.29) is 6.04 Å². The molecule has 2 heteroatoms. The Morgan fingerprint density at radius 3 is 2.87 bits per heavy atom. The monoisotopic (exact) mass is 202 g/mol. The van der Waals surface area contributed by atoms with Crippen LogP contribution >= 0.6 is 0 Å². The molecule has 2 nitrogen and oxygen atoms in total. The van der Waals surface area contributed by atoms with Gasteiger partial charge in [-0.25, -0.2) is 0 Å². The lowest BCUT2D eigenvalue weighted by molar-refractivity contribution is 0.318. The van der Waals surface area contributed by atoms with Crippen molar-refractivity contribution in [3.8, 4) is 0 Å². The van der Waals surface area contributed by atoms with Gasteiger partial charge in [-0.05, 0) is 35.5 Å². The summed E-state index contributed by atoms with van der Waals surface area (Å²) < 4.78 is 0. The van der Waals surface area contributed by atoms with Crippen LogP contribution in [0.2, 0.25) is 0 Å². The summed E-state index contributed by atoms with van der Waals surface area (Å²) in [6.07, 6.45) is 8.06. The topological polar surface area (TPSA) is 38.9 Å². The van der Waals surface area contributed by atoms with Crippen molar-refractivity contribution in [3.63, 3.8) is 0 Å². The summed E-state index contributed by atoms with van der Waals surface area (Å²) in [6.45, 7) is 4.55. The van der Waals surface area contributed by atoms with Crippen molar-refractivity contribution in [2.75, 3.05) is 0 Å². The second kappa shape index (κ2) is 3.78. The van der Waals surface area contributed by atoms with Crippen molar-refractivity contribution in [1.82, 2.24) is 4.98 Å². The first kappa shape index (κ1) is 10.4. The van der Waals surface area contributed by atoms with E-state index in [2.05, 4.69) is 31.0 Å². The summed E-state index contributed by atoms with van der Waals surface area (Å²) in [4.78, 5) is 4.15. The molecule has 80 valence electrons. The number of nitrogens with two attached hydrogens (primary N) is 1. The number of allylic oxidation sites excluding steroid dienone is 1. The highest BCUT2D eigenvalue weighted by Crippen LogP contribution is 2.38. The summed E-state index contributed by atoms with van der Waals surface area (Å²) >= 11 is 0. The molecule has 15 heavy (non-hydrogen) atoms. The summed E-state index contributed by atoms with van der Waals surface area (Å²) in [5.41, 5.74) is 8.89. The van der Waals surface area contributed by atoms with Crippen molar-refractivity contribution in [1.29, 1.82) is 0 Å². The third-order valence-corrected chi connectivity index (χ3v) is 2.90. The van der Waals surface area contributed by atoms with Gasteiger partial charge < -0.3 is 5.73 Å². The summed E-state index contributed by atoms with van der Waals surface area (Å²) in [5.74, 6) is 0. The molecule has 0 bridgehead atoms. The molecule has 0 aliphatic heterocycles. The largest absolute Gasteiger partial charge is 0.324 e. The second-order valence-electron chi connectivity index (χ2n) is 5.14. The lowest BCUT2D eigenvalue weighted by Gasteiger charge is -2.33. The Labute approximate surface area is 91.2 Å². The molecule has 0 radical (unpaired) electrons. The van der Waals surface area contributed by atoms with Crippen LogP contribution in [0.15, 0.2) is 30.6 Å². The molecule has 1 aliphatic carbocycles. The minimum atomic E-state index is 0.184. The van der Waals surface area contributed by atoms with E-state index in [9.17, 15) is 0 Å². The van der Waals surface area contributed by atoms with Crippen LogP contribution in [-0.4, -0.2) is 11.0 Å². The molecule has 1 aromatic rings. The molecule has 0 spiro atoms. The van der Waals surface area contributed by atoms with Crippen LogP contribution in [0.5, 0.6) is 0 Å². The van der Waals surface area contributed by atoms with Gasteiger partial charge >= 0.3 is 0 Å². The van der Waals surface area contributed by atoms with Crippen LogP contribution in [0.3, 0.4) is 0 Å². The van der Waals surface area contributed by atoms with Crippen molar-refractivity contribution in [2.45, 2.75) is 32.7 Å². The maximum absolute atomic E-state index is 6.04. The zero-order valence-electron chi connectivity index (χ0n) is 9.40. The number of hydrogen-bond donors (Lipinski definition) is 1. The lowest BCUT2D eigenvalue weighted by Crippen LogP contribution is -2.30. The van der Waals surface area contributed by atoms with Gasteiger partial charge in [-0.3, -0.25) is 4.98 Å². The van der Waals surface area contributed by atoms with E-state index in [0.717, 1.165) is 12.8 Å². The number of rotatable bonds is 1. The van der Waals surface area contributed by atoms with Crippen LogP contribution in [-0.2, 0) is 0 Å². The molecule has 0 fully saturated rings. The van der Waals surface area contributed by atoms with Gasteiger partial charge in [0.1, 0.15) is 0 Å². The Balaban J connectivity index is 2.30. The maximum atomic E-state index is 6.04. The average Bonchev–Trinajstić information content (AvgIpc) is 2.16.